The van der Waals surface area contributed by atoms with Crippen molar-refractivity contribution in [2.75, 3.05) is 7.11 Å². The molecule has 0 radical (unpaired) electrons. The molecule has 0 fully saturated rings. The van der Waals surface area contributed by atoms with Gasteiger partial charge in [0.2, 0.25) is 0 Å². The number of nitrogens with zero attached hydrogens (tertiary/aromatic N) is 2. The van der Waals surface area contributed by atoms with Gasteiger partial charge in [-0.15, -0.1) is 0 Å². The second-order valence-electron chi connectivity index (χ2n) is 4.31. The van der Waals surface area contributed by atoms with E-state index in [2.05, 4.69) is 38.3 Å². The Labute approximate surface area is 120 Å². The van der Waals surface area contributed by atoms with Crippen molar-refractivity contribution in [1.82, 2.24) is 9.38 Å². The second kappa shape index (κ2) is 4.70. The number of halogens is 1. The van der Waals surface area contributed by atoms with Gasteiger partial charge in [0, 0.05) is 5.69 Å². The third-order valence-corrected chi connectivity index (χ3v) is 3.74. The van der Waals surface area contributed by atoms with Crippen molar-refractivity contribution < 1.29 is 4.74 Å². The molecule has 0 aliphatic heterocycles. The number of pyridine rings is 1. The molecule has 0 saturated carbocycles. The number of hydrogen-bond acceptors (Lipinski definition) is 2. The van der Waals surface area contributed by atoms with Gasteiger partial charge >= 0.3 is 0 Å². The predicted molar refractivity (Wildman–Crippen MR) is 79.6 cm³/mol. The Morgan fingerprint density at radius 3 is 2.68 bits per heavy atom. The van der Waals surface area contributed by atoms with E-state index in [1.54, 1.807) is 7.11 Å². The number of methoxy groups -OCH3 is 1. The van der Waals surface area contributed by atoms with Crippen LogP contribution >= 0.6 is 15.9 Å². The summed E-state index contributed by atoms with van der Waals surface area (Å²) in [5.74, 6) is 1.71. The van der Waals surface area contributed by atoms with E-state index in [1.165, 1.54) is 0 Å². The highest BCUT2D eigenvalue weighted by Gasteiger charge is 2.15. The summed E-state index contributed by atoms with van der Waals surface area (Å²) in [5.41, 5.74) is 3.18. The largest absolute Gasteiger partial charge is 0.496 e. The molecule has 3 rings (SSSR count). The van der Waals surface area contributed by atoms with Crippen LogP contribution in [0.15, 0.2) is 47.1 Å². The van der Waals surface area contributed by atoms with Crippen molar-refractivity contribution in [3.8, 4) is 17.1 Å². The highest BCUT2D eigenvalue weighted by Crippen LogP contribution is 2.32. The summed E-state index contributed by atoms with van der Waals surface area (Å²) in [6.07, 6.45) is 0. The maximum atomic E-state index is 5.43. The first-order valence-corrected chi connectivity index (χ1v) is 6.78. The van der Waals surface area contributed by atoms with Gasteiger partial charge in [-0.05, 0) is 47.1 Å². The lowest BCUT2D eigenvalue weighted by Crippen LogP contribution is -1.96. The maximum Gasteiger partial charge on any atom is 0.149 e. The van der Waals surface area contributed by atoms with Crippen molar-refractivity contribution in [2.45, 2.75) is 6.92 Å². The Bertz CT molecular complexity index is 749. The van der Waals surface area contributed by atoms with E-state index in [9.17, 15) is 0 Å². The highest BCUT2D eigenvalue weighted by atomic mass is 79.9. The van der Waals surface area contributed by atoms with Crippen LogP contribution < -0.4 is 4.74 Å². The molecule has 19 heavy (non-hydrogen) atoms. The first kappa shape index (κ1) is 12.2. The Morgan fingerprint density at radius 1 is 1.11 bits per heavy atom. The van der Waals surface area contributed by atoms with Crippen LogP contribution in [0.5, 0.6) is 5.75 Å². The fourth-order valence-corrected chi connectivity index (χ4v) is 2.75. The van der Waals surface area contributed by atoms with Gasteiger partial charge in [0.05, 0.1) is 18.2 Å². The molecule has 3 aromatic rings. The minimum absolute atomic E-state index is 0.824. The van der Waals surface area contributed by atoms with Gasteiger partial charge in [0.15, 0.2) is 0 Å². The van der Waals surface area contributed by atoms with E-state index >= 15 is 0 Å². The Morgan fingerprint density at radius 2 is 1.89 bits per heavy atom. The van der Waals surface area contributed by atoms with Crippen LogP contribution in [0, 0.1) is 6.92 Å². The quantitative estimate of drug-likeness (QED) is 0.712. The number of fused-ring (bicyclic) bond motifs is 1. The number of benzene rings is 1. The van der Waals surface area contributed by atoms with Crippen LogP contribution in [0.3, 0.4) is 0 Å². The summed E-state index contributed by atoms with van der Waals surface area (Å²) in [7, 11) is 1.68. The van der Waals surface area contributed by atoms with Gasteiger partial charge in [0.25, 0.3) is 0 Å². The van der Waals surface area contributed by atoms with Crippen LogP contribution in [-0.2, 0) is 0 Å². The summed E-state index contributed by atoms with van der Waals surface area (Å²) in [4.78, 5) is 4.63. The Balaban J connectivity index is 2.37. The Kier molecular flexibility index (Phi) is 3.03. The molecule has 0 unspecified atom stereocenters. The van der Waals surface area contributed by atoms with Crippen LogP contribution in [0.2, 0.25) is 0 Å². The third kappa shape index (κ3) is 1.92. The Hall–Kier alpha value is -1.81. The molecule has 2 heterocycles. The number of aromatic nitrogens is 2. The molecule has 2 aromatic heterocycles. The minimum atomic E-state index is 0.824. The molecular formula is C15H13BrN2O. The van der Waals surface area contributed by atoms with Crippen molar-refractivity contribution in [1.29, 1.82) is 0 Å². The first-order valence-electron chi connectivity index (χ1n) is 5.99. The molecule has 0 atom stereocenters. The molecule has 0 aliphatic carbocycles. The summed E-state index contributed by atoms with van der Waals surface area (Å²) in [5, 5.41) is 0. The van der Waals surface area contributed by atoms with Crippen LogP contribution in [0.25, 0.3) is 16.9 Å². The molecule has 4 heteroatoms. The van der Waals surface area contributed by atoms with Gasteiger partial charge in [-0.2, -0.15) is 0 Å². The maximum absolute atomic E-state index is 5.43. The average molecular weight is 317 g/mol. The van der Waals surface area contributed by atoms with Crippen molar-refractivity contribution >= 4 is 21.4 Å². The number of rotatable bonds is 2. The zero-order chi connectivity index (χ0) is 13.4. The van der Waals surface area contributed by atoms with Crippen molar-refractivity contribution in [3.05, 3.63) is 52.8 Å². The smallest absolute Gasteiger partial charge is 0.149 e. The summed E-state index contributed by atoms with van der Waals surface area (Å²) < 4.78 is 8.40. The van der Waals surface area contributed by atoms with Crippen LogP contribution in [0.4, 0.5) is 0 Å². The van der Waals surface area contributed by atoms with Gasteiger partial charge in [-0.25, -0.2) is 4.98 Å². The lowest BCUT2D eigenvalue weighted by Gasteiger charge is -2.08. The fourth-order valence-electron chi connectivity index (χ4n) is 2.27. The lowest BCUT2D eigenvalue weighted by atomic mass is 10.2. The number of hydrogen-bond donors (Lipinski definition) is 0. The fraction of sp³-hybridized carbons (Fsp3) is 0.133. The predicted octanol–water partition coefficient (Wildman–Crippen LogP) is 4.08. The molecule has 0 saturated heterocycles. The lowest BCUT2D eigenvalue weighted by molar-refractivity contribution is 0.416. The summed E-state index contributed by atoms with van der Waals surface area (Å²) in [6.45, 7) is 2.07. The molecular weight excluding hydrogens is 304 g/mol. The summed E-state index contributed by atoms with van der Waals surface area (Å²) >= 11 is 3.52. The number of imidazole rings is 1. The number of ether oxygens (including phenoxy) is 1. The van der Waals surface area contributed by atoms with E-state index in [0.29, 0.717) is 0 Å². The molecule has 0 spiro atoms. The van der Waals surface area contributed by atoms with E-state index < -0.39 is 0 Å². The standard InChI is InChI=1S/C15H13BrN2O/c1-10-6-5-8-12-14(16)17-15(18(10)12)11-7-3-4-9-13(11)19-2/h3-9H,1-2H3. The molecule has 96 valence electrons. The topological polar surface area (TPSA) is 26.5 Å². The van der Waals surface area contributed by atoms with Crippen LogP contribution in [0.1, 0.15) is 5.69 Å². The number of aryl methyl sites for hydroxylation is 1. The molecule has 0 aliphatic rings. The highest BCUT2D eigenvalue weighted by molar-refractivity contribution is 9.10. The average Bonchev–Trinajstić information content (AvgIpc) is 2.78. The molecule has 0 amide bonds. The zero-order valence-corrected chi connectivity index (χ0v) is 12.3. The van der Waals surface area contributed by atoms with Gasteiger partial charge < -0.3 is 4.74 Å². The van der Waals surface area contributed by atoms with Gasteiger partial charge in [-0.1, -0.05) is 18.2 Å². The zero-order valence-electron chi connectivity index (χ0n) is 10.7. The van der Waals surface area contributed by atoms with Gasteiger partial charge in [-0.3, -0.25) is 4.40 Å². The molecule has 0 N–H and O–H groups in total. The van der Waals surface area contributed by atoms with Crippen LogP contribution in [-0.4, -0.2) is 16.5 Å². The van der Waals surface area contributed by atoms with E-state index in [-0.39, 0.29) is 0 Å². The van der Waals surface area contributed by atoms with Crippen molar-refractivity contribution in [3.63, 3.8) is 0 Å². The normalized spacial score (nSPS) is 10.9. The minimum Gasteiger partial charge on any atom is -0.496 e. The second-order valence-corrected chi connectivity index (χ2v) is 5.07. The first-order chi connectivity index (χ1) is 9.22. The molecule has 1 aromatic carbocycles. The molecule has 3 nitrogen and oxygen atoms in total. The van der Waals surface area contributed by atoms with Gasteiger partial charge in [0.1, 0.15) is 16.2 Å². The van der Waals surface area contributed by atoms with E-state index in [0.717, 1.165) is 33.0 Å². The third-order valence-electron chi connectivity index (χ3n) is 3.16. The van der Waals surface area contributed by atoms with E-state index in [1.807, 2.05) is 36.4 Å². The summed E-state index contributed by atoms with van der Waals surface area (Å²) in [6, 6.07) is 14.1. The monoisotopic (exact) mass is 316 g/mol. The van der Waals surface area contributed by atoms with E-state index in [4.69, 9.17) is 4.74 Å². The molecule has 0 bridgehead atoms. The SMILES string of the molecule is COc1ccccc1-c1nc(Br)c2cccc(C)n12. The van der Waals surface area contributed by atoms with Crippen molar-refractivity contribution in [2.24, 2.45) is 0 Å². The number of para-hydroxylation sites is 1.